The van der Waals surface area contributed by atoms with Crippen molar-refractivity contribution >= 4 is 11.9 Å². The number of aromatic carboxylic acids is 1. The number of rotatable bonds is 5. The normalized spacial score (nSPS) is 10.4. The van der Waals surface area contributed by atoms with Gasteiger partial charge in [0, 0.05) is 18.7 Å². The quantitative estimate of drug-likeness (QED) is 0.916. The van der Waals surface area contributed by atoms with Gasteiger partial charge in [0.25, 0.3) is 0 Å². The molecule has 0 bridgehead atoms. The Labute approximate surface area is 122 Å². The van der Waals surface area contributed by atoms with Crippen LogP contribution in [0.25, 0.3) is 11.3 Å². The molecule has 1 heterocycles. The number of nitrogens with zero attached hydrogens (tertiary/aromatic N) is 3. The number of halogens is 1. The highest BCUT2D eigenvalue weighted by molar-refractivity contribution is 5.87. The Kier molecular flexibility index (Phi) is 4.47. The van der Waals surface area contributed by atoms with Crippen LogP contribution in [-0.2, 0) is 0 Å². The summed E-state index contributed by atoms with van der Waals surface area (Å²) in [7, 11) is 0. The van der Waals surface area contributed by atoms with Crippen molar-refractivity contribution in [2.24, 2.45) is 0 Å². The van der Waals surface area contributed by atoms with E-state index in [1.165, 1.54) is 18.2 Å². The van der Waals surface area contributed by atoms with Gasteiger partial charge in [0.15, 0.2) is 5.69 Å². The predicted octanol–water partition coefficient (Wildman–Crippen LogP) is 2.83. The van der Waals surface area contributed by atoms with Crippen LogP contribution in [0.2, 0.25) is 0 Å². The summed E-state index contributed by atoms with van der Waals surface area (Å²) < 4.78 is 13.0. The maximum Gasteiger partial charge on any atom is 0.354 e. The van der Waals surface area contributed by atoms with Gasteiger partial charge in [-0.3, -0.25) is 0 Å². The van der Waals surface area contributed by atoms with Crippen molar-refractivity contribution in [3.63, 3.8) is 0 Å². The summed E-state index contributed by atoms with van der Waals surface area (Å²) in [5.74, 6) is -1.11. The molecule has 21 heavy (non-hydrogen) atoms. The Balaban J connectivity index is 2.54. The first kappa shape index (κ1) is 14.9. The third-order valence-electron chi connectivity index (χ3n) is 3.12. The zero-order chi connectivity index (χ0) is 15.4. The van der Waals surface area contributed by atoms with E-state index in [4.69, 9.17) is 0 Å². The Morgan fingerprint density at radius 3 is 2.33 bits per heavy atom. The third-order valence-corrected chi connectivity index (χ3v) is 3.12. The number of carboxylic acid groups (broad SMARTS) is 1. The van der Waals surface area contributed by atoms with Gasteiger partial charge >= 0.3 is 5.97 Å². The second kappa shape index (κ2) is 6.30. The second-order valence-corrected chi connectivity index (χ2v) is 4.42. The Bertz CT molecular complexity index is 640. The van der Waals surface area contributed by atoms with Crippen molar-refractivity contribution in [3.05, 3.63) is 41.8 Å². The molecule has 5 nitrogen and oxygen atoms in total. The molecule has 0 saturated carbocycles. The molecule has 0 radical (unpaired) electrons. The van der Waals surface area contributed by atoms with E-state index < -0.39 is 5.97 Å². The summed E-state index contributed by atoms with van der Waals surface area (Å²) in [6.07, 6.45) is 0. The van der Waals surface area contributed by atoms with Crippen LogP contribution in [0.15, 0.2) is 30.3 Å². The first-order chi connectivity index (χ1) is 10.0. The molecule has 0 aliphatic carbocycles. The Morgan fingerprint density at radius 1 is 1.19 bits per heavy atom. The molecule has 0 aliphatic heterocycles. The molecule has 0 fully saturated rings. The van der Waals surface area contributed by atoms with Gasteiger partial charge in [-0.25, -0.2) is 19.2 Å². The third kappa shape index (κ3) is 3.34. The fourth-order valence-electron chi connectivity index (χ4n) is 1.96. The number of anilines is 1. The van der Waals surface area contributed by atoms with E-state index in [2.05, 4.69) is 9.97 Å². The summed E-state index contributed by atoms with van der Waals surface area (Å²) in [5.41, 5.74) is 1.03. The standard InChI is InChI=1S/C15H16FN3O2/c1-3-19(4-2)15-17-12(9-13(18-15)14(20)21)10-5-7-11(16)8-6-10/h5-9H,3-4H2,1-2H3,(H,20,21). The minimum Gasteiger partial charge on any atom is -0.477 e. The molecule has 0 aliphatic rings. The van der Waals surface area contributed by atoms with Gasteiger partial charge in [-0.05, 0) is 44.2 Å². The molecule has 2 rings (SSSR count). The number of carbonyl (C=O) groups is 1. The summed E-state index contributed by atoms with van der Waals surface area (Å²) in [6, 6.07) is 7.15. The molecule has 0 atom stereocenters. The number of hydrogen-bond acceptors (Lipinski definition) is 4. The molecule has 0 unspecified atom stereocenters. The zero-order valence-corrected chi connectivity index (χ0v) is 11.9. The van der Waals surface area contributed by atoms with Crippen LogP contribution in [0.5, 0.6) is 0 Å². The van der Waals surface area contributed by atoms with Gasteiger partial charge in [-0.15, -0.1) is 0 Å². The van der Waals surface area contributed by atoms with Crippen molar-refractivity contribution in [1.82, 2.24) is 9.97 Å². The van der Waals surface area contributed by atoms with E-state index in [0.29, 0.717) is 30.3 Å². The fraction of sp³-hybridized carbons (Fsp3) is 0.267. The van der Waals surface area contributed by atoms with Gasteiger partial charge in [0.05, 0.1) is 5.69 Å². The van der Waals surface area contributed by atoms with Crippen molar-refractivity contribution in [3.8, 4) is 11.3 Å². The van der Waals surface area contributed by atoms with Crippen LogP contribution >= 0.6 is 0 Å². The first-order valence-electron chi connectivity index (χ1n) is 6.68. The maximum atomic E-state index is 13.0. The SMILES string of the molecule is CCN(CC)c1nc(C(=O)O)cc(-c2ccc(F)cc2)n1. The van der Waals surface area contributed by atoms with E-state index in [1.807, 2.05) is 18.7 Å². The van der Waals surface area contributed by atoms with Gasteiger partial charge in [-0.1, -0.05) is 0 Å². The minimum absolute atomic E-state index is 0.0776. The lowest BCUT2D eigenvalue weighted by atomic mass is 10.1. The largest absolute Gasteiger partial charge is 0.477 e. The number of carboxylic acids is 1. The lowest BCUT2D eigenvalue weighted by Crippen LogP contribution is -2.25. The van der Waals surface area contributed by atoms with E-state index in [1.54, 1.807) is 12.1 Å². The van der Waals surface area contributed by atoms with E-state index in [0.717, 1.165) is 0 Å². The van der Waals surface area contributed by atoms with E-state index >= 15 is 0 Å². The lowest BCUT2D eigenvalue weighted by Gasteiger charge is -2.19. The highest BCUT2D eigenvalue weighted by Crippen LogP contribution is 2.21. The molecule has 0 saturated heterocycles. The molecule has 0 spiro atoms. The maximum absolute atomic E-state index is 13.0. The molecule has 110 valence electrons. The Morgan fingerprint density at radius 2 is 1.81 bits per heavy atom. The number of aromatic nitrogens is 2. The molecule has 1 aromatic carbocycles. The number of benzene rings is 1. The number of hydrogen-bond donors (Lipinski definition) is 1. The van der Waals surface area contributed by atoms with Crippen LogP contribution in [0.4, 0.5) is 10.3 Å². The lowest BCUT2D eigenvalue weighted by molar-refractivity contribution is 0.0690. The topological polar surface area (TPSA) is 66.3 Å². The van der Waals surface area contributed by atoms with Crippen molar-refractivity contribution in [1.29, 1.82) is 0 Å². The van der Waals surface area contributed by atoms with Gasteiger partial charge in [0.1, 0.15) is 5.82 Å². The smallest absolute Gasteiger partial charge is 0.354 e. The van der Waals surface area contributed by atoms with Crippen LogP contribution in [0.3, 0.4) is 0 Å². The van der Waals surface area contributed by atoms with Gasteiger partial charge in [-0.2, -0.15) is 0 Å². The molecule has 0 amide bonds. The van der Waals surface area contributed by atoms with Crippen LogP contribution < -0.4 is 4.90 Å². The first-order valence-corrected chi connectivity index (χ1v) is 6.68. The van der Waals surface area contributed by atoms with Crippen LogP contribution in [0, 0.1) is 5.82 Å². The highest BCUT2D eigenvalue weighted by Gasteiger charge is 2.14. The van der Waals surface area contributed by atoms with E-state index in [-0.39, 0.29) is 11.5 Å². The fourth-order valence-corrected chi connectivity index (χ4v) is 1.96. The van der Waals surface area contributed by atoms with E-state index in [9.17, 15) is 14.3 Å². The second-order valence-electron chi connectivity index (χ2n) is 4.42. The van der Waals surface area contributed by atoms with Gasteiger partial charge < -0.3 is 10.0 Å². The summed E-state index contributed by atoms with van der Waals surface area (Å²) in [4.78, 5) is 21.5. The summed E-state index contributed by atoms with van der Waals surface area (Å²) in [6.45, 7) is 5.22. The molecule has 2 aromatic rings. The molecular weight excluding hydrogens is 273 g/mol. The minimum atomic E-state index is -1.12. The molecular formula is C15H16FN3O2. The average Bonchev–Trinajstić information content (AvgIpc) is 2.49. The zero-order valence-electron chi connectivity index (χ0n) is 11.9. The highest BCUT2D eigenvalue weighted by atomic mass is 19.1. The molecule has 1 N–H and O–H groups in total. The predicted molar refractivity (Wildman–Crippen MR) is 77.9 cm³/mol. The van der Waals surface area contributed by atoms with Crippen molar-refractivity contribution < 1.29 is 14.3 Å². The molecule has 1 aromatic heterocycles. The molecule has 6 heteroatoms. The monoisotopic (exact) mass is 289 g/mol. The average molecular weight is 289 g/mol. The van der Waals surface area contributed by atoms with Crippen molar-refractivity contribution in [2.45, 2.75) is 13.8 Å². The van der Waals surface area contributed by atoms with Crippen LogP contribution in [-0.4, -0.2) is 34.1 Å². The summed E-state index contributed by atoms with van der Waals surface area (Å²) in [5, 5.41) is 9.18. The van der Waals surface area contributed by atoms with Crippen molar-refractivity contribution in [2.75, 3.05) is 18.0 Å². The Hall–Kier alpha value is -2.50. The van der Waals surface area contributed by atoms with Gasteiger partial charge in [0.2, 0.25) is 5.95 Å². The summed E-state index contributed by atoms with van der Waals surface area (Å²) >= 11 is 0. The van der Waals surface area contributed by atoms with Crippen LogP contribution in [0.1, 0.15) is 24.3 Å².